The molecule has 4 amide bonds. The molecule has 0 spiro atoms. The molecule has 2 aromatic rings. The number of hydrogen-bond acceptors (Lipinski definition) is 3. The summed E-state index contributed by atoms with van der Waals surface area (Å²) in [6.07, 6.45) is 0. The van der Waals surface area contributed by atoms with Crippen LogP contribution in [-0.2, 0) is 21.7 Å². The van der Waals surface area contributed by atoms with Crippen molar-refractivity contribution in [1.29, 1.82) is 0 Å². The Morgan fingerprint density at radius 2 is 1.74 bits per heavy atom. The van der Waals surface area contributed by atoms with Crippen LogP contribution in [0.4, 0.5) is 9.18 Å². The van der Waals surface area contributed by atoms with Gasteiger partial charge in [-0.25, -0.2) is 9.18 Å². The number of nitrogens with one attached hydrogen (secondary N) is 1. The first-order chi connectivity index (χ1) is 12.8. The lowest BCUT2D eigenvalue weighted by Gasteiger charge is -2.23. The number of amides is 4. The highest BCUT2D eigenvalue weighted by atomic mass is 19.1. The first-order valence-corrected chi connectivity index (χ1v) is 8.49. The number of nitrogens with zero attached hydrogens (tertiary/aromatic N) is 2. The van der Waals surface area contributed by atoms with Crippen LogP contribution in [0.15, 0.2) is 54.6 Å². The summed E-state index contributed by atoms with van der Waals surface area (Å²) in [5.74, 6) is -1.33. The molecule has 6 nitrogen and oxygen atoms in total. The molecule has 0 bridgehead atoms. The third kappa shape index (κ3) is 3.67. The van der Waals surface area contributed by atoms with Crippen LogP contribution in [0.1, 0.15) is 18.1 Å². The highest BCUT2D eigenvalue weighted by Gasteiger charge is 2.49. The van der Waals surface area contributed by atoms with E-state index in [4.69, 9.17) is 0 Å². The summed E-state index contributed by atoms with van der Waals surface area (Å²) in [4.78, 5) is 40.0. The Morgan fingerprint density at radius 1 is 1.11 bits per heavy atom. The van der Waals surface area contributed by atoms with Gasteiger partial charge in [0.1, 0.15) is 17.9 Å². The van der Waals surface area contributed by atoms with E-state index in [0.717, 1.165) is 10.5 Å². The molecule has 7 heteroatoms. The van der Waals surface area contributed by atoms with Gasteiger partial charge in [0.15, 0.2) is 0 Å². The molecule has 0 aliphatic carbocycles. The molecule has 0 saturated carbocycles. The van der Waals surface area contributed by atoms with Gasteiger partial charge < -0.3 is 10.2 Å². The van der Waals surface area contributed by atoms with Crippen LogP contribution in [0.25, 0.3) is 0 Å². The number of benzene rings is 2. The maximum atomic E-state index is 13.2. The van der Waals surface area contributed by atoms with Gasteiger partial charge >= 0.3 is 6.03 Å². The van der Waals surface area contributed by atoms with Crippen molar-refractivity contribution in [2.75, 3.05) is 13.6 Å². The lowest BCUT2D eigenvalue weighted by molar-refractivity contribution is -0.138. The van der Waals surface area contributed by atoms with E-state index < -0.39 is 23.3 Å². The number of urea groups is 1. The summed E-state index contributed by atoms with van der Waals surface area (Å²) >= 11 is 0. The average molecular weight is 369 g/mol. The summed E-state index contributed by atoms with van der Waals surface area (Å²) in [5.41, 5.74) is 0.0693. The normalized spacial score (nSPS) is 19.1. The molecule has 0 radical (unpaired) electrons. The number of rotatable bonds is 5. The van der Waals surface area contributed by atoms with Gasteiger partial charge in [0.2, 0.25) is 5.91 Å². The fourth-order valence-corrected chi connectivity index (χ4v) is 3.02. The molecule has 140 valence electrons. The SMILES string of the molecule is CN(Cc1ccccc1)C(=O)CN1C(=O)NC(C)(c2ccc(F)cc2)C1=O. The summed E-state index contributed by atoms with van der Waals surface area (Å²) < 4.78 is 13.2. The van der Waals surface area contributed by atoms with Gasteiger partial charge in [-0.2, -0.15) is 0 Å². The van der Waals surface area contributed by atoms with Crippen molar-refractivity contribution in [3.63, 3.8) is 0 Å². The Hall–Kier alpha value is -3.22. The lowest BCUT2D eigenvalue weighted by atomic mass is 9.92. The van der Waals surface area contributed by atoms with Crippen molar-refractivity contribution in [3.05, 3.63) is 71.5 Å². The van der Waals surface area contributed by atoms with Crippen molar-refractivity contribution < 1.29 is 18.8 Å². The van der Waals surface area contributed by atoms with Crippen LogP contribution in [0.3, 0.4) is 0 Å². The van der Waals surface area contributed by atoms with E-state index in [9.17, 15) is 18.8 Å². The van der Waals surface area contributed by atoms with Crippen LogP contribution in [0, 0.1) is 5.82 Å². The third-order valence-corrected chi connectivity index (χ3v) is 4.68. The Kier molecular flexibility index (Phi) is 4.94. The van der Waals surface area contributed by atoms with Gasteiger partial charge in [0.05, 0.1) is 0 Å². The van der Waals surface area contributed by atoms with Gasteiger partial charge in [0, 0.05) is 13.6 Å². The Morgan fingerprint density at radius 3 is 2.37 bits per heavy atom. The molecule has 1 unspecified atom stereocenters. The zero-order chi connectivity index (χ0) is 19.6. The molecular formula is C20H20FN3O3. The van der Waals surface area contributed by atoms with Gasteiger partial charge in [-0.1, -0.05) is 42.5 Å². The number of carbonyl (C=O) groups excluding carboxylic acids is 3. The molecular weight excluding hydrogens is 349 g/mol. The average Bonchev–Trinajstić information content (AvgIpc) is 2.87. The van der Waals surface area contributed by atoms with E-state index in [1.165, 1.54) is 29.2 Å². The Balaban J connectivity index is 1.71. The largest absolute Gasteiger partial charge is 0.340 e. The molecule has 1 N–H and O–H groups in total. The Labute approximate surface area is 156 Å². The van der Waals surface area contributed by atoms with Crippen molar-refractivity contribution in [2.24, 2.45) is 0 Å². The van der Waals surface area contributed by atoms with E-state index in [-0.39, 0.29) is 12.5 Å². The van der Waals surface area contributed by atoms with Crippen molar-refractivity contribution in [2.45, 2.75) is 19.0 Å². The van der Waals surface area contributed by atoms with Crippen molar-refractivity contribution in [1.82, 2.24) is 15.1 Å². The van der Waals surface area contributed by atoms with Crippen LogP contribution in [0.2, 0.25) is 0 Å². The number of hydrogen-bond donors (Lipinski definition) is 1. The van der Waals surface area contributed by atoms with E-state index in [1.54, 1.807) is 14.0 Å². The molecule has 2 aromatic carbocycles. The van der Waals surface area contributed by atoms with E-state index >= 15 is 0 Å². The second-order valence-corrected chi connectivity index (χ2v) is 6.69. The molecule has 3 rings (SSSR count). The molecule has 1 aliphatic heterocycles. The topological polar surface area (TPSA) is 69.7 Å². The third-order valence-electron chi connectivity index (χ3n) is 4.68. The first kappa shape index (κ1) is 18.6. The fourth-order valence-electron chi connectivity index (χ4n) is 3.02. The fraction of sp³-hybridized carbons (Fsp3) is 0.250. The molecule has 1 fully saturated rings. The van der Waals surface area contributed by atoms with Crippen molar-refractivity contribution >= 4 is 17.8 Å². The predicted octanol–water partition coefficient (Wildman–Crippen LogP) is 2.25. The zero-order valence-corrected chi connectivity index (χ0v) is 15.1. The molecule has 1 saturated heterocycles. The second kappa shape index (κ2) is 7.19. The highest BCUT2D eigenvalue weighted by molar-refractivity contribution is 6.09. The lowest BCUT2D eigenvalue weighted by Crippen LogP contribution is -2.43. The van der Waals surface area contributed by atoms with E-state index in [2.05, 4.69) is 5.32 Å². The van der Waals surface area contributed by atoms with Gasteiger partial charge in [-0.05, 0) is 30.2 Å². The quantitative estimate of drug-likeness (QED) is 0.822. The van der Waals surface area contributed by atoms with Gasteiger partial charge in [0.25, 0.3) is 5.91 Å². The number of carbonyl (C=O) groups is 3. The highest BCUT2D eigenvalue weighted by Crippen LogP contribution is 2.28. The standard InChI is InChI=1S/C20H20FN3O3/c1-20(15-8-10-16(21)11-9-15)18(26)24(19(27)22-20)13-17(25)23(2)12-14-6-4-3-5-7-14/h3-11H,12-13H2,1-2H3,(H,22,27). The van der Waals surface area contributed by atoms with Gasteiger partial charge in [-0.15, -0.1) is 0 Å². The van der Waals surface area contributed by atoms with E-state index in [0.29, 0.717) is 12.1 Å². The molecule has 1 heterocycles. The minimum atomic E-state index is -1.33. The maximum Gasteiger partial charge on any atom is 0.325 e. The molecule has 1 aliphatic rings. The minimum absolute atomic E-state index is 0.356. The number of halogens is 1. The molecule has 27 heavy (non-hydrogen) atoms. The summed E-state index contributed by atoms with van der Waals surface area (Å²) in [5, 5.41) is 2.60. The minimum Gasteiger partial charge on any atom is -0.340 e. The summed E-state index contributed by atoms with van der Waals surface area (Å²) in [6.45, 7) is 1.56. The predicted molar refractivity (Wildman–Crippen MR) is 96.9 cm³/mol. The maximum absolute atomic E-state index is 13.2. The second-order valence-electron chi connectivity index (χ2n) is 6.69. The van der Waals surface area contributed by atoms with Crippen LogP contribution in [0.5, 0.6) is 0 Å². The summed E-state index contributed by atoms with van der Waals surface area (Å²) in [6, 6.07) is 14.1. The molecule has 0 aromatic heterocycles. The van der Waals surface area contributed by atoms with Gasteiger partial charge in [-0.3, -0.25) is 14.5 Å². The van der Waals surface area contributed by atoms with Crippen LogP contribution in [-0.4, -0.2) is 41.2 Å². The smallest absolute Gasteiger partial charge is 0.325 e. The first-order valence-electron chi connectivity index (χ1n) is 8.49. The van der Waals surface area contributed by atoms with Crippen LogP contribution < -0.4 is 5.32 Å². The number of likely N-dealkylation sites (N-methyl/N-ethyl adjacent to an activating group) is 1. The molecule has 1 atom stereocenters. The van der Waals surface area contributed by atoms with Crippen molar-refractivity contribution in [3.8, 4) is 0 Å². The zero-order valence-electron chi connectivity index (χ0n) is 15.1. The van der Waals surface area contributed by atoms with Crippen LogP contribution >= 0.6 is 0 Å². The number of imide groups is 1. The summed E-state index contributed by atoms with van der Waals surface area (Å²) in [7, 11) is 1.62. The van der Waals surface area contributed by atoms with E-state index in [1.807, 2.05) is 30.3 Å². The monoisotopic (exact) mass is 369 g/mol. The Bertz CT molecular complexity index is 870.